The fourth-order valence-electron chi connectivity index (χ4n) is 3.60. The zero-order chi connectivity index (χ0) is 24.6. The van der Waals surface area contributed by atoms with Crippen molar-refractivity contribution in [3.05, 3.63) is 105 Å². The molecule has 0 aliphatic carbocycles. The summed E-state index contributed by atoms with van der Waals surface area (Å²) in [6.45, 7) is 0.177. The molecule has 178 valence electrons. The lowest BCUT2D eigenvalue weighted by Gasteiger charge is -2.25. The Hall–Kier alpha value is -4.31. The topological polar surface area (TPSA) is 158 Å². The van der Waals surface area contributed by atoms with E-state index in [1.54, 1.807) is 29.7 Å². The van der Waals surface area contributed by atoms with Gasteiger partial charge in [0.1, 0.15) is 6.23 Å². The number of para-hydroxylation sites is 1. The standard InChI is InChI=1S/C24H24N8O2S/c25-18(13-29-32-26)21(14-27-11-15-7-8-23(33)28-12-15)31-24(34)17-10-20(22-6-3-9-35-22)30-19-5-2-1-4-16(17)19/h1-10,12,14,20,23,25,27-28,30,33H,11,13H2,(H,31,34)/b21-14+,25-18?. The van der Waals surface area contributed by atoms with Crippen LogP contribution in [0.15, 0.2) is 88.8 Å². The number of aliphatic hydroxyl groups is 1. The van der Waals surface area contributed by atoms with Crippen molar-refractivity contribution in [1.29, 1.82) is 5.41 Å². The number of hydrogen-bond acceptors (Lipinski definition) is 8. The highest BCUT2D eigenvalue weighted by molar-refractivity contribution is 7.10. The number of anilines is 1. The van der Waals surface area contributed by atoms with Crippen LogP contribution < -0.4 is 21.3 Å². The first-order valence-electron chi connectivity index (χ1n) is 10.8. The molecule has 0 radical (unpaired) electrons. The molecule has 1 aromatic carbocycles. The van der Waals surface area contributed by atoms with Gasteiger partial charge in [-0.15, -0.1) is 11.3 Å². The summed E-state index contributed by atoms with van der Waals surface area (Å²) < 4.78 is 0. The predicted octanol–water partition coefficient (Wildman–Crippen LogP) is 3.54. The Balaban J connectivity index is 1.56. The molecule has 2 aliphatic heterocycles. The van der Waals surface area contributed by atoms with Gasteiger partial charge in [-0.1, -0.05) is 35.5 Å². The molecule has 0 bridgehead atoms. The van der Waals surface area contributed by atoms with Gasteiger partial charge in [-0.25, -0.2) is 0 Å². The maximum absolute atomic E-state index is 13.4. The third-order valence-electron chi connectivity index (χ3n) is 5.31. The van der Waals surface area contributed by atoms with Crippen LogP contribution in [0.2, 0.25) is 0 Å². The monoisotopic (exact) mass is 488 g/mol. The van der Waals surface area contributed by atoms with Gasteiger partial charge >= 0.3 is 0 Å². The number of dihydropyridines is 1. The molecule has 3 heterocycles. The van der Waals surface area contributed by atoms with Crippen LogP contribution in [0.3, 0.4) is 0 Å². The first kappa shape index (κ1) is 23.8. The number of carbonyl (C=O) groups excluding carboxylic acids is 1. The van der Waals surface area contributed by atoms with Crippen LogP contribution in [0.4, 0.5) is 5.69 Å². The molecule has 2 unspecified atom stereocenters. The average molecular weight is 489 g/mol. The Kier molecular flexibility index (Phi) is 7.63. The Morgan fingerprint density at radius 2 is 2.17 bits per heavy atom. The summed E-state index contributed by atoms with van der Waals surface area (Å²) in [5.41, 5.74) is 11.8. The number of azide groups is 1. The number of aliphatic hydroxyl groups excluding tert-OH is 1. The van der Waals surface area contributed by atoms with E-state index >= 15 is 0 Å². The summed E-state index contributed by atoms with van der Waals surface area (Å²) >= 11 is 1.60. The predicted molar refractivity (Wildman–Crippen MR) is 137 cm³/mol. The van der Waals surface area contributed by atoms with Crippen molar-refractivity contribution in [1.82, 2.24) is 16.0 Å². The summed E-state index contributed by atoms with van der Waals surface area (Å²) in [5, 5.41) is 35.3. The summed E-state index contributed by atoms with van der Waals surface area (Å²) in [4.78, 5) is 17.2. The van der Waals surface area contributed by atoms with E-state index < -0.39 is 6.23 Å². The third kappa shape index (κ3) is 5.98. The fourth-order valence-corrected chi connectivity index (χ4v) is 4.34. The molecule has 2 aromatic rings. The lowest BCUT2D eigenvalue weighted by molar-refractivity contribution is -0.114. The molecule has 2 atom stereocenters. The van der Waals surface area contributed by atoms with E-state index in [0.29, 0.717) is 12.1 Å². The Bertz CT molecular complexity index is 1270. The number of nitrogens with one attached hydrogen (secondary N) is 5. The van der Waals surface area contributed by atoms with Crippen LogP contribution in [0.5, 0.6) is 0 Å². The van der Waals surface area contributed by atoms with Crippen molar-refractivity contribution in [2.24, 2.45) is 5.11 Å². The number of nitrogens with zero attached hydrogens (tertiary/aromatic N) is 3. The molecule has 0 fully saturated rings. The van der Waals surface area contributed by atoms with E-state index in [9.17, 15) is 9.90 Å². The highest BCUT2D eigenvalue weighted by atomic mass is 32.1. The molecule has 35 heavy (non-hydrogen) atoms. The van der Waals surface area contributed by atoms with Gasteiger partial charge in [0.15, 0.2) is 0 Å². The summed E-state index contributed by atoms with van der Waals surface area (Å²) in [5.74, 6) is -0.374. The van der Waals surface area contributed by atoms with Crippen molar-refractivity contribution in [3.63, 3.8) is 0 Å². The van der Waals surface area contributed by atoms with Gasteiger partial charge in [0, 0.05) is 45.6 Å². The van der Waals surface area contributed by atoms with Crippen molar-refractivity contribution in [2.45, 2.75) is 12.3 Å². The average Bonchev–Trinajstić information content (AvgIpc) is 3.42. The molecule has 1 aromatic heterocycles. The van der Waals surface area contributed by atoms with Crippen LogP contribution in [-0.2, 0) is 4.79 Å². The maximum Gasteiger partial charge on any atom is 0.256 e. The first-order valence-corrected chi connectivity index (χ1v) is 11.7. The van der Waals surface area contributed by atoms with E-state index in [4.69, 9.17) is 10.9 Å². The molecule has 0 spiro atoms. The molecule has 1 amide bonds. The summed E-state index contributed by atoms with van der Waals surface area (Å²) in [6, 6.07) is 11.4. The molecule has 0 saturated heterocycles. The zero-order valence-corrected chi connectivity index (χ0v) is 19.4. The highest BCUT2D eigenvalue weighted by Crippen LogP contribution is 2.36. The Labute approximate surface area is 205 Å². The van der Waals surface area contributed by atoms with Gasteiger partial charge in [-0.05, 0) is 40.8 Å². The van der Waals surface area contributed by atoms with Gasteiger partial charge in [0.05, 0.1) is 24.0 Å². The highest BCUT2D eigenvalue weighted by Gasteiger charge is 2.25. The molecular weight excluding hydrogens is 464 g/mol. The van der Waals surface area contributed by atoms with Crippen LogP contribution >= 0.6 is 11.3 Å². The Morgan fingerprint density at radius 1 is 1.31 bits per heavy atom. The molecule has 11 heteroatoms. The molecular formula is C24H24N8O2S. The van der Waals surface area contributed by atoms with E-state index in [-0.39, 0.29) is 29.9 Å². The minimum atomic E-state index is -0.722. The SMILES string of the molecule is [N-]=[N+]=NCC(=N)/C(=C\NCC1=CNC(O)C=C1)NC(=O)C1=CC(c2cccs2)Nc2ccccc21. The van der Waals surface area contributed by atoms with Crippen LogP contribution in [0.25, 0.3) is 16.0 Å². The smallest absolute Gasteiger partial charge is 0.256 e. The zero-order valence-electron chi connectivity index (χ0n) is 18.6. The lowest BCUT2D eigenvalue weighted by Crippen LogP contribution is -2.32. The van der Waals surface area contributed by atoms with Gasteiger partial charge in [0.25, 0.3) is 5.91 Å². The minimum Gasteiger partial charge on any atom is -0.385 e. The molecule has 4 rings (SSSR count). The molecule has 2 aliphatic rings. The third-order valence-corrected chi connectivity index (χ3v) is 6.26. The molecule has 10 nitrogen and oxygen atoms in total. The van der Waals surface area contributed by atoms with Crippen molar-refractivity contribution >= 4 is 34.2 Å². The minimum absolute atomic E-state index is 0.0389. The second-order valence-electron chi connectivity index (χ2n) is 7.71. The van der Waals surface area contributed by atoms with Crippen LogP contribution in [-0.4, -0.2) is 36.0 Å². The second-order valence-corrected chi connectivity index (χ2v) is 8.69. The van der Waals surface area contributed by atoms with Crippen molar-refractivity contribution in [2.75, 3.05) is 18.4 Å². The van der Waals surface area contributed by atoms with Crippen molar-refractivity contribution in [3.8, 4) is 0 Å². The van der Waals surface area contributed by atoms with Gasteiger partial charge in [-0.2, -0.15) is 0 Å². The Morgan fingerprint density at radius 3 is 2.91 bits per heavy atom. The van der Waals surface area contributed by atoms with Gasteiger partial charge in [0.2, 0.25) is 0 Å². The van der Waals surface area contributed by atoms with Crippen LogP contribution in [0, 0.1) is 5.41 Å². The van der Waals surface area contributed by atoms with E-state index in [1.807, 2.05) is 47.9 Å². The largest absolute Gasteiger partial charge is 0.385 e. The van der Waals surface area contributed by atoms with E-state index in [2.05, 4.69) is 31.3 Å². The number of benzene rings is 1. The summed E-state index contributed by atoms with van der Waals surface area (Å²) in [6.07, 6.45) is 7.72. The number of amides is 1. The number of carbonyl (C=O) groups is 1. The fraction of sp³-hybridized carbons (Fsp3) is 0.167. The lowest BCUT2D eigenvalue weighted by atomic mass is 9.95. The van der Waals surface area contributed by atoms with Gasteiger partial charge in [-0.3, -0.25) is 4.79 Å². The van der Waals surface area contributed by atoms with Gasteiger partial charge < -0.3 is 31.8 Å². The van der Waals surface area contributed by atoms with Crippen molar-refractivity contribution < 1.29 is 9.90 Å². The number of fused-ring (bicyclic) bond motifs is 1. The maximum atomic E-state index is 13.4. The number of thiophene rings is 1. The number of hydrogen-bond donors (Lipinski definition) is 6. The second kappa shape index (κ2) is 11.2. The summed E-state index contributed by atoms with van der Waals surface area (Å²) in [7, 11) is 0. The number of rotatable bonds is 9. The molecule has 0 saturated carbocycles. The first-order chi connectivity index (χ1) is 17.0. The quantitative estimate of drug-likeness (QED) is 0.138. The normalized spacial score (nSPS) is 18.6. The van der Waals surface area contributed by atoms with E-state index in [1.165, 1.54) is 6.20 Å². The molecule has 6 N–H and O–H groups in total. The van der Waals surface area contributed by atoms with E-state index in [0.717, 1.165) is 21.7 Å². The van der Waals surface area contributed by atoms with Crippen LogP contribution in [0.1, 0.15) is 16.5 Å².